The fourth-order valence-electron chi connectivity index (χ4n) is 1.90. The molecule has 2 heterocycles. The van der Waals surface area contributed by atoms with Crippen LogP contribution in [-0.2, 0) is 4.79 Å². The van der Waals surface area contributed by atoms with E-state index in [1.54, 1.807) is 17.4 Å². The highest BCUT2D eigenvalue weighted by atomic mass is 16.2. The van der Waals surface area contributed by atoms with Gasteiger partial charge in [-0.15, -0.1) is 0 Å². The molecule has 13 heavy (non-hydrogen) atoms. The maximum Gasteiger partial charge on any atom is 0.225 e. The number of nitrogens with one attached hydrogen (secondary N) is 1. The molecule has 2 atom stereocenters. The Bertz CT molecular complexity index is 307. The van der Waals surface area contributed by atoms with Crippen LogP contribution >= 0.6 is 0 Å². The fourth-order valence-corrected chi connectivity index (χ4v) is 1.90. The van der Waals surface area contributed by atoms with E-state index >= 15 is 0 Å². The summed E-state index contributed by atoms with van der Waals surface area (Å²) >= 11 is 0. The van der Waals surface area contributed by atoms with Crippen LogP contribution in [-0.4, -0.2) is 34.4 Å². The van der Waals surface area contributed by atoms with Crippen molar-refractivity contribution >= 4 is 5.91 Å². The minimum Gasteiger partial charge on any atom is -0.348 e. The lowest BCUT2D eigenvalue weighted by atomic mass is 9.95. The van der Waals surface area contributed by atoms with Gasteiger partial charge in [-0.05, 0) is 0 Å². The Balaban J connectivity index is 2.23. The van der Waals surface area contributed by atoms with Crippen molar-refractivity contribution in [3.63, 3.8) is 0 Å². The van der Waals surface area contributed by atoms with Crippen molar-refractivity contribution in [3.8, 4) is 0 Å². The molecule has 0 spiro atoms. The number of H-pyrrole nitrogens is 1. The van der Waals surface area contributed by atoms with E-state index in [0.29, 0.717) is 0 Å². The van der Waals surface area contributed by atoms with Crippen LogP contribution in [0.5, 0.6) is 0 Å². The molecule has 0 aliphatic carbocycles. The highest BCUT2D eigenvalue weighted by molar-refractivity contribution is 5.81. The molecule has 0 radical (unpaired) electrons. The standard InChI is InChI=1S/C9H13N3O/c1-6-7(4-12(2)9(6)13)8-3-10-5-11-8/h3,5-7H,4H2,1-2H3,(H,10,11). The third kappa shape index (κ3) is 1.22. The monoisotopic (exact) mass is 179 g/mol. The van der Waals surface area contributed by atoms with Crippen LogP contribution in [0, 0.1) is 5.92 Å². The summed E-state index contributed by atoms with van der Waals surface area (Å²) in [6.45, 7) is 2.76. The second-order valence-electron chi connectivity index (χ2n) is 3.62. The first-order valence-corrected chi connectivity index (χ1v) is 4.43. The van der Waals surface area contributed by atoms with Crippen LogP contribution in [0.1, 0.15) is 18.5 Å². The summed E-state index contributed by atoms with van der Waals surface area (Å²) in [6.07, 6.45) is 3.46. The van der Waals surface area contributed by atoms with Crippen molar-refractivity contribution < 1.29 is 4.79 Å². The average molecular weight is 179 g/mol. The second-order valence-corrected chi connectivity index (χ2v) is 3.62. The maximum atomic E-state index is 11.5. The molecule has 1 aromatic rings. The van der Waals surface area contributed by atoms with Crippen molar-refractivity contribution in [1.82, 2.24) is 14.9 Å². The summed E-state index contributed by atoms with van der Waals surface area (Å²) in [5, 5.41) is 0. The second kappa shape index (κ2) is 2.87. The zero-order chi connectivity index (χ0) is 9.42. The van der Waals surface area contributed by atoms with Gasteiger partial charge in [-0.3, -0.25) is 4.79 Å². The van der Waals surface area contributed by atoms with Crippen molar-refractivity contribution in [2.24, 2.45) is 5.92 Å². The minimum absolute atomic E-state index is 0.0745. The van der Waals surface area contributed by atoms with Gasteiger partial charge < -0.3 is 9.88 Å². The molecule has 1 aliphatic rings. The maximum absolute atomic E-state index is 11.5. The molecule has 2 rings (SSSR count). The van der Waals surface area contributed by atoms with Gasteiger partial charge in [0.2, 0.25) is 5.91 Å². The van der Waals surface area contributed by atoms with Crippen LogP contribution in [0.15, 0.2) is 12.5 Å². The van der Waals surface area contributed by atoms with Crippen molar-refractivity contribution in [2.75, 3.05) is 13.6 Å². The molecular formula is C9H13N3O. The van der Waals surface area contributed by atoms with Crippen LogP contribution in [0.4, 0.5) is 0 Å². The highest BCUT2D eigenvalue weighted by Crippen LogP contribution is 2.30. The normalized spacial score (nSPS) is 28.5. The number of nitrogens with zero attached hydrogens (tertiary/aromatic N) is 2. The van der Waals surface area contributed by atoms with E-state index in [0.717, 1.165) is 12.2 Å². The lowest BCUT2D eigenvalue weighted by Gasteiger charge is -2.09. The van der Waals surface area contributed by atoms with Crippen LogP contribution in [0.2, 0.25) is 0 Å². The van der Waals surface area contributed by atoms with Gasteiger partial charge in [0.05, 0.1) is 6.33 Å². The zero-order valence-electron chi connectivity index (χ0n) is 7.82. The number of likely N-dealkylation sites (tertiary alicyclic amines) is 1. The van der Waals surface area contributed by atoms with E-state index in [1.165, 1.54) is 0 Å². The Kier molecular flexibility index (Phi) is 1.83. The summed E-state index contributed by atoms with van der Waals surface area (Å²) < 4.78 is 0. The third-order valence-corrected chi connectivity index (χ3v) is 2.76. The van der Waals surface area contributed by atoms with Crippen molar-refractivity contribution in [1.29, 1.82) is 0 Å². The van der Waals surface area contributed by atoms with Gasteiger partial charge in [0.1, 0.15) is 0 Å². The SMILES string of the molecule is CC1C(=O)N(C)CC1c1cnc[nH]1. The minimum atomic E-state index is 0.0745. The molecule has 0 bridgehead atoms. The molecule has 1 saturated heterocycles. The van der Waals surface area contributed by atoms with Gasteiger partial charge in [0.15, 0.2) is 0 Å². The van der Waals surface area contributed by atoms with Gasteiger partial charge in [-0.2, -0.15) is 0 Å². The molecule has 1 amide bonds. The van der Waals surface area contributed by atoms with E-state index < -0.39 is 0 Å². The Morgan fingerprint density at radius 1 is 1.69 bits per heavy atom. The van der Waals surface area contributed by atoms with Gasteiger partial charge in [0.25, 0.3) is 0 Å². The van der Waals surface area contributed by atoms with Gasteiger partial charge in [-0.1, -0.05) is 6.92 Å². The Morgan fingerprint density at radius 2 is 2.46 bits per heavy atom. The molecule has 70 valence electrons. The molecule has 1 fully saturated rings. The molecule has 2 unspecified atom stereocenters. The predicted molar refractivity (Wildman–Crippen MR) is 48.1 cm³/mol. The van der Waals surface area contributed by atoms with E-state index in [1.807, 2.05) is 14.0 Å². The lowest BCUT2D eigenvalue weighted by molar-refractivity contribution is -0.129. The fraction of sp³-hybridized carbons (Fsp3) is 0.556. The Labute approximate surface area is 77.0 Å². The summed E-state index contributed by atoms with van der Waals surface area (Å²) in [7, 11) is 1.84. The predicted octanol–water partition coefficient (Wildman–Crippen LogP) is 0.601. The number of carbonyl (C=O) groups is 1. The molecule has 1 aromatic heterocycles. The van der Waals surface area contributed by atoms with Crippen molar-refractivity contribution in [3.05, 3.63) is 18.2 Å². The number of likely N-dealkylation sites (N-methyl/N-ethyl adjacent to an activating group) is 1. The quantitative estimate of drug-likeness (QED) is 0.686. The molecule has 0 saturated carbocycles. The average Bonchev–Trinajstić information content (AvgIpc) is 2.70. The number of imidazole rings is 1. The van der Waals surface area contributed by atoms with Gasteiger partial charge in [0, 0.05) is 37.3 Å². The van der Waals surface area contributed by atoms with E-state index in [9.17, 15) is 4.79 Å². The third-order valence-electron chi connectivity index (χ3n) is 2.76. The first-order valence-electron chi connectivity index (χ1n) is 4.43. The summed E-state index contributed by atoms with van der Waals surface area (Å²) in [6, 6.07) is 0. The number of rotatable bonds is 1. The van der Waals surface area contributed by atoms with Crippen LogP contribution in [0.3, 0.4) is 0 Å². The zero-order valence-corrected chi connectivity index (χ0v) is 7.82. The van der Waals surface area contributed by atoms with Gasteiger partial charge in [-0.25, -0.2) is 4.98 Å². The summed E-state index contributed by atoms with van der Waals surface area (Å²) in [5.74, 6) is 0.574. The Morgan fingerprint density at radius 3 is 2.92 bits per heavy atom. The first-order chi connectivity index (χ1) is 6.20. The molecule has 0 aromatic carbocycles. The number of aromatic amines is 1. The number of amides is 1. The number of carbonyl (C=O) groups excluding carboxylic acids is 1. The molecule has 4 heteroatoms. The highest BCUT2D eigenvalue weighted by Gasteiger charge is 2.36. The number of aromatic nitrogens is 2. The van der Waals surface area contributed by atoms with Gasteiger partial charge >= 0.3 is 0 Å². The molecule has 1 aliphatic heterocycles. The molecular weight excluding hydrogens is 166 g/mol. The van der Waals surface area contributed by atoms with E-state index in [2.05, 4.69) is 9.97 Å². The van der Waals surface area contributed by atoms with Crippen molar-refractivity contribution in [2.45, 2.75) is 12.8 Å². The van der Waals surface area contributed by atoms with Crippen LogP contribution < -0.4 is 0 Å². The van der Waals surface area contributed by atoms with E-state index in [-0.39, 0.29) is 17.7 Å². The number of hydrogen-bond acceptors (Lipinski definition) is 2. The largest absolute Gasteiger partial charge is 0.348 e. The van der Waals surface area contributed by atoms with E-state index in [4.69, 9.17) is 0 Å². The molecule has 1 N–H and O–H groups in total. The smallest absolute Gasteiger partial charge is 0.225 e. The summed E-state index contributed by atoms with van der Waals surface area (Å²) in [4.78, 5) is 20.3. The molecule has 4 nitrogen and oxygen atoms in total. The Hall–Kier alpha value is -1.32. The lowest BCUT2D eigenvalue weighted by Crippen LogP contribution is -2.21. The summed E-state index contributed by atoms with van der Waals surface area (Å²) in [5.41, 5.74) is 1.06. The van der Waals surface area contributed by atoms with Crippen LogP contribution in [0.25, 0.3) is 0 Å². The topological polar surface area (TPSA) is 49.0 Å². The number of hydrogen-bond donors (Lipinski definition) is 1. The first kappa shape index (κ1) is 8.29.